The van der Waals surface area contributed by atoms with Crippen LogP contribution in [0.2, 0.25) is 0 Å². The standard InChI is InChI=1S/C14H16FNO2/c15-9-1-3-13(4-2-9)18-14-7-10-5-12(17)6-11(8-14)16-10/h1-4,10-11,14,16H,5-8H2/t10-,11-/m0/s1. The van der Waals surface area contributed by atoms with E-state index in [4.69, 9.17) is 4.74 Å². The molecule has 4 heteroatoms. The lowest BCUT2D eigenvalue weighted by Crippen LogP contribution is -2.54. The lowest BCUT2D eigenvalue weighted by atomic mass is 9.84. The normalized spacial score (nSPS) is 31.2. The Labute approximate surface area is 105 Å². The summed E-state index contributed by atoms with van der Waals surface area (Å²) in [5.74, 6) is 0.798. The number of carbonyl (C=O) groups excluding carboxylic acids is 1. The van der Waals surface area contributed by atoms with Gasteiger partial charge in [0, 0.05) is 37.8 Å². The Morgan fingerprint density at radius 2 is 1.72 bits per heavy atom. The molecule has 0 unspecified atom stereocenters. The SMILES string of the molecule is O=C1C[C@H]2CC(Oc3ccc(F)cc3)C[C@H](C1)N2. The van der Waals surface area contributed by atoms with E-state index in [9.17, 15) is 9.18 Å². The minimum atomic E-state index is -0.255. The van der Waals surface area contributed by atoms with Crippen molar-refractivity contribution in [3.8, 4) is 5.75 Å². The second-order valence-electron chi connectivity index (χ2n) is 5.17. The summed E-state index contributed by atoms with van der Waals surface area (Å²) in [7, 11) is 0. The molecule has 18 heavy (non-hydrogen) atoms. The van der Waals surface area contributed by atoms with E-state index in [0.29, 0.717) is 24.4 Å². The number of ether oxygens (including phenoxy) is 1. The van der Waals surface area contributed by atoms with Gasteiger partial charge in [-0.05, 0) is 24.3 Å². The summed E-state index contributed by atoms with van der Waals surface area (Å²) < 4.78 is 18.7. The highest BCUT2D eigenvalue weighted by molar-refractivity contribution is 5.80. The van der Waals surface area contributed by atoms with E-state index < -0.39 is 0 Å². The maximum atomic E-state index is 12.8. The fraction of sp³-hybridized carbons (Fsp3) is 0.500. The molecule has 3 nitrogen and oxygen atoms in total. The minimum Gasteiger partial charge on any atom is -0.490 e. The number of Topliss-reactive ketones (excluding diaryl/α,β-unsaturated/α-hetero) is 1. The lowest BCUT2D eigenvalue weighted by molar-refractivity contribution is -0.123. The Bertz CT molecular complexity index is 430. The summed E-state index contributed by atoms with van der Waals surface area (Å²) in [6.07, 6.45) is 3.04. The van der Waals surface area contributed by atoms with Gasteiger partial charge in [-0.2, -0.15) is 0 Å². The molecule has 3 rings (SSSR count). The number of hydrogen-bond donors (Lipinski definition) is 1. The van der Waals surface area contributed by atoms with Crippen molar-refractivity contribution < 1.29 is 13.9 Å². The van der Waals surface area contributed by atoms with Gasteiger partial charge in [0.05, 0.1) is 0 Å². The second-order valence-corrected chi connectivity index (χ2v) is 5.17. The van der Waals surface area contributed by atoms with Crippen LogP contribution < -0.4 is 10.1 Å². The number of halogens is 1. The first-order valence-electron chi connectivity index (χ1n) is 6.39. The van der Waals surface area contributed by atoms with Crippen LogP contribution in [0.25, 0.3) is 0 Å². The fourth-order valence-electron chi connectivity index (χ4n) is 2.92. The molecule has 0 saturated carbocycles. The van der Waals surface area contributed by atoms with E-state index in [1.807, 2.05) is 0 Å². The van der Waals surface area contributed by atoms with Crippen LogP contribution in [0.1, 0.15) is 25.7 Å². The largest absolute Gasteiger partial charge is 0.490 e. The van der Waals surface area contributed by atoms with Gasteiger partial charge in [-0.1, -0.05) is 0 Å². The quantitative estimate of drug-likeness (QED) is 0.872. The number of carbonyl (C=O) groups is 1. The third-order valence-electron chi connectivity index (χ3n) is 3.63. The molecule has 2 aliphatic heterocycles. The maximum Gasteiger partial charge on any atom is 0.136 e. The first-order valence-corrected chi connectivity index (χ1v) is 6.39. The molecule has 2 aliphatic rings. The maximum absolute atomic E-state index is 12.8. The summed E-state index contributed by atoms with van der Waals surface area (Å²) in [5.41, 5.74) is 0. The number of nitrogens with one attached hydrogen (secondary N) is 1. The zero-order chi connectivity index (χ0) is 12.5. The molecule has 2 heterocycles. The summed E-state index contributed by atoms with van der Waals surface area (Å²) in [6, 6.07) is 6.60. The van der Waals surface area contributed by atoms with Crippen LogP contribution >= 0.6 is 0 Å². The van der Waals surface area contributed by atoms with E-state index >= 15 is 0 Å². The van der Waals surface area contributed by atoms with Gasteiger partial charge in [0.25, 0.3) is 0 Å². The summed E-state index contributed by atoms with van der Waals surface area (Å²) in [6.45, 7) is 0. The lowest BCUT2D eigenvalue weighted by Gasteiger charge is -2.39. The second kappa shape index (κ2) is 4.69. The van der Waals surface area contributed by atoms with Crippen LogP contribution in [-0.4, -0.2) is 24.0 Å². The smallest absolute Gasteiger partial charge is 0.136 e. The van der Waals surface area contributed by atoms with Crippen molar-refractivity contribution in [1.29, 1.82) is 0 Å². The number of rotatable bonds is 2. The molecule has 1 aromatic rings. The third kappa shape index (κ3) is 2.53. The van der Waals surface area contributed by atoms with Gasteiger partial charge in [-0.15, -0.1) is 0 Å². The Morgan fingerprint density at radius 3 is 2.33 bits per heavy atom. The minimum absolute atomic E-state index is 0.125. The van der Waals surface area contributed by atoms with Crippen LogP contribution in [0.15, 0.2) is 24.3 Å². The molecule has 2 atom stereocenters. The first kappa shape index (κ1) is 11.7. The first-order chi connectivity index (χ1) is 8.69. The van der Waals surface area contributed by atoms with Gasteiger partial charge in [0.1, 0.15) is 23.5 Å². The van der Waals surface area contributed by atoms with Crippen molar-refractivity contribution in [3.63, 3.8) is 0 Å². The van der Waals surface area contributed by atoms with Gasteiger partial charge in [0.2, 0.25) is 0 Å². The highest BCUT2D eigenvalue weighted by atomic mass is 19.1. The van der Waals surface area contributed by atoms with E-state index in [-0.39, 0.29) is 24.0 Å². The molecular weight excluding hydrogens is 233 g/mol. The van der Waals surface area contributed by atoms with Crippen molar-refractivity contribution >= 4 is 5.78 Å². The highest BCUT2D eigenvalue weighted by Crippen LogP contribution is 2.27. The third-order valence-corrected chi connectivity index (χ3v) is 3.63. The van der Waals surface area contributed by atoms with Crippen molar-refractivity contribution in [3.05, 3.63) is 30.1 Å². The molecular formula is C14H16FNO2. The van der Waals surface area contributed by atoms with Gasteiger partial charge in [-0.25, -0.2) is 4.39 Å². The molecule has 2 saturated heterocycles. The predicted octanol–water partition coefficient (Wildman–Crippen LogP) is 2.06. The highest BCUT2D eigenvalue weighted by Gasteiger charge is 2.35. The fourth-order valence-corrected chi connectivity index (χ4v) is 2.92. The number of benzene rings is 1. The molecule has 0 amide bonds. The molecule has 96 valence electrons. The van der Waals surface area contributed by atoms with Gasteiger partial charge in [-0.3, -0.25) is 4.79 Å². The molecule has 2 bridgehead atoms. The number of ketones is 1. The zero-order valence-corrected chi connectivity index (χ0v) is 10.1. The average Bonchev–Trinajstić information content (AvgIpc) is 2.30. The van der Waals surface area contributed by atoms with Crippen LogP contribution in [0.4, 0.5) is 4.39 Å². The van der Waals surface area contributed by atoms with Crippen LogP contribution in [0.5, 0.6) is 5.75 Å². The van der Waals surface area contributed by atoms with Crippen LogP contribution in [0, 0.1) is 5.82 Å². The monoisotopic (exact) mass is 249 g/mol. The van der Waals surface area contributed by atoms with Crippen molar-refractivity contribution in [2.75, 3.05) is 0 Å². The van der Waals surface area contributed by atoms with Crippen molar-refractivity contribution in [2.45, 2.75) is 43.9 Å². The van der Waals surface area contributed by atoms with Gasteiger partial charge < -0.3 is 10.1 Å². The van der Waals surface area contributed by atoms with E-state index in [2.05, 4.69) is 5.32 Å². The van der Waals surface area contributed by atoms with Gasteiger partial charge in [0.15, 0.2) is 0 Å². The predicted molar refractivity (Wildman–Crippen MR) is 65.0 cm³/mol. The van der Waals surface area contributed by atoms with Gasteiger partial charge >= 0.3 is 0 Å². The summed E-state index contributed by atoms with van der Waals surface area (Å²) in [4.78, 5) is 11.5. The Kier molecular flexibility index (Phi) is 3.04. The summed E-state index contributed by atoms with van der Waals surface area (Å²) >= 11 is 0. The van der Waals surface area contributed by atoms with E-state index in [1.54, 1.807) is 12.1 Å². The number of fused-ring (bicyclic) bond motifs is 2. The molecule has 0 radical (unpaired) electrons. The Morgan fingerprint density at radius 1 is 1.11 bits per heavy atom. The molecule has 0 spiro atoms. The summed E-state index contributed by atoms with van der Waals surface area (Å²) in [5, 5.41) is 3.45. The van der Waals surface area contributed by atoms with E-state index in [1.165, 1.54) is 12.1 Å². The molecule has 1 aromatic carbocycles. The molecule has 0 aromatic heterocycles. The van der Waals surface area contributed by atoms with Crippen LogP contribution in [-0.2, 0) is 4.79 Å². The number of hydrogen-bond acceptors (Lipinski definition) is 3. The van der Waals surface area contributed by atoms with Crippen LogP contribution in [0.3, 0.4) is 0 Å². The van der Waals surface area contributed by atoms with Crippen molar-refractivity contribution in [1.82, 2.24) is 5.32 Å². The topological polar surface area (TPSA) is 38.3 Å². The zero-order valence-electron chi connectivity index (χ0n) is 10.1. The van der Waals surface area contributed by atoms with Crippen molar-refractivity contribution in [2.24, 2.45) is 0 Å². The number of piperidine rings is 2. The molecule has 1 N–H and O–H groups in total. The Balaban J connectivity index is 1.64. The average molecular weight is 249 g/mol. The van der Waals surface area contributed by atoms with E-state index in [0.717, 1.165) is 12.8 Å². The Hall–Kier alpha value is -1.42. The molecule has 2 fully saturated rings. The molecule has 0 aliphatic carbocycles.